The van der Waals surface area contributed by atoms with E-state index in [1.807, 2.05) is 0 Å². The van der Waals surface area contributed by atoms with Gasteiger partial charge in [-0.3, -0.25) is 14.9 Å². The molecule has 0 saturated heterocycles. The van der Waals surface area contributed by atoms with Crippen LogP contribution in [0.15, 0.2) is 30.3 Å². The van der Waals surface area contributed by atoms with E-state index >= 15 is 0 Å². The van der Waals surface area contributed by atoms with E-state index in [4.69, 9.17) is 5.26 Å². The van der Waals surface area contributed by atoms with E-state index < -0.39 is 4.92 Å². The van der Waals surface area contributed by atoms with Crippen molar-refractivity contribution in [3.8, 4) is 6.07 Å². The van der Waals surface area contributed by atoms with Crippen LogP contribution in [0.4, 0.5) is 5.69 Å². The molecule has 5 heteroatoms. The van der Waals surface area contributed by atoms with Gasteiger partial charge < -0.3 is 0 Å². The Balaban J connectivity index is 2.36. The third-order valence-corrected chi connectivity index (χ3v) is 3.20. The number of ketones is 1. The van der Waals surface area contributed by atoms with E-state index in [9.17, 15) is 14.9 Å². The standard InChI is InChI=1S/C14H12N2O3/c15-8-7-10-5-6-12(14(17)9-10)11-3-1-2-4-13(11)16(18)19/h1-4,6,10H,5,7,9H2. The Morgan fingerprint density at radius 3 is 2.79 bits per heavy atom. The van der Waals surface area contributed by atoms with Gasteiger partial charge in [0.25, 0.3) is 5.69 Å². The number of para-hydroxylation sites is 1. The summed E-state index contributed by atoms with van der Waals surface area (Å²) < 4.78 is 0. The lowest BCUT2D eigenvalue weighted by molar-refractivity contribution is -0.385. The van der Waals surface area contributed by atoms with Gasteiger partial charge in [0.2, 0.25) is 0 Å². The van der Waals surface area contributed by atoms with Crippen molar-refractivity contribution in [1.29, 1.82) is 5.26 Å². The summed E-state index contributed by atoms with van der Waals surface area (Å²) >= 11 is 0. The van der Waals surface area contributed by atoms with E-state index in [2.05, 4.69) is 6.07 Å². The van der Waals surface area contributed by atoms with Crippen LogP contribution in [0.2, 0.25) is 0 Å². The fraction of sp³-hybridized carbons (Fsp3) is 0.286. The minimum absolute atomic E-state index is 0.0315. The predicted octanol–water partition coefficient (Wildman–Crippen LogP) is 2.87. The molecule has 1 aromatic carbocycles. The van der Waals surface area contributed by atoms with Crippen LogP contribution in [-0.2, 0) is 4.79 Å². The second-order valence-corrected chi connectivity index (χ2v) is 4.48. The van der Waals surface area contributed by atoms with Gasteiger partial charge in [0, 0.05) is 24.5 Å². The molecule has 1 unspecified atom stereocenters. The Hall–Kier alpha value is -2.48. The molecular weight excluding hydrogens is 244 g/mol. The molecule has 19 heavy (non-hydrogen) atoms. The normalized spacial score (nSPS) is 18.6. The van der Waals surface area contributed by atoms with Gasteiger partial charge in [0.1, 0.15) is 0 Å². The van der Waals surface area contributed by atoms with Crippen molar-refractivity contribution >= 4 is 17.0 Å². The summed E-state index contributed by atoms with van der Waals surface area (Å²) in [5.41, 5.74) is 0.718. The van der Waals surface area contributed by atoms with Crippen molar-refractivity contribution in [3.05, 3.63) is 46.0 Å². The van der Waals surface area contributed by atoms with Gasteiger partial charge >= 0.3 is 0 Å². The van der Waals surface area contributed by atoms with Gasteiger partial charge in [0.05, 0.1) is 16.6 Å². The molecule has 0 fully saturated rings. The quantitative estimate of drug-likeness (QED) is 0.614. The second-order valence-electron chi connectivity index (χ2n) is 4.48. The van der Waals surface area contributed by atoms with Crippen LogP contribution < -0.4 is 0 Å². The van der Waals surface area contributed by atoms with Gasteiger partial charge in [-0.1, -0.05) is 18.2 Å². The first kappa shape index (κ1) is 13.0. The van der Waals surface area contributed by atoms with Gasteiger partial charge in [-0.05, 0) is 18.4 Å². The molecule has 1 aliphatic carbocycles. The van der Waals surface area contributed by atoms with E-state index in [1.54, 1.807) is 24.3 Å². The average molecular weight is 256 g/mol. The van der Waals surface area contributed by atoms with Crippen molar-refractivity contribution in [2.24, 2.45) is 5.92 Å². The Labute approximate surface area is 110 Å². The fourth-order valence-electron chi connectivity index (χ4n) is 2.26. The zero-order chi connectivity index (χ0) is 13.8. The summed E-state index contributed by atoms with van der Waals surface area (Å²) in [6, 6.07) is 8.29. The summed E-state index contributed by atoms with van der Waals surface area (Å²) in [4.78, 5) is 22.5. The number of Topliss-reactive ketones (excluding diaryl/α,β-unsaturated/α-hetero) is 1. The number of benzene rings is 1. The zero-order valence-electron chi connectivity index (χ0n) is 10.2. The van der Waals surface area contributed by atoms with Crippen molar-refractivity contribution < 1.29 is 9.72 Å². The maximum Gasteiger partial charge on any atom is 0.277 e. The van der Waals surface area contributed by atoms with E-state index in [0.29, 0.717) is 24.0 Å². The number of nitro groups is 1. The summed E-state index contributed by atoms with van der Waals surface area (Å²) in [6.07, 6.45) is 2.95. The molecule has 5 nitrogen and oxygen atoms in total. The molecule has 0 aromatic heterocycles. The van der Waals surface area contributed by atoms with Crippen molar-refractivity contribution in [2.75, 3.05) is 0 Å². The Bertz CT molecular complexity index is 599. The molecule has 96 valence electrons. The lowest BCUT2D eigenvalue weighted by Gasteiger charge is -2.18. The van der Waals surface area contributed by atoms with Gasteiger partial charge in [-0.2, -0.15) is 5.26 Å². The predicted molar refractivity (Wildman–Crippen MR) is 69.0 cm³/mol. The number of nitriles is 1. The number of allylic oxidation sites excluding steroid dienone is 2. The molecule has 0 aliphatic heterocycles. The first-order valence-electron chi connectivity index (χ1n) is 5.97. The number of hydrogen-bond donors (Lipinski definition) is 0. The number of nitro benzene ring substituents is 1. The van der Waals surface area contributed by atoms with Crippen LogP contribution in [0, 0.1) is 27.4 Å². The maximum atomic E-state index is 12.1. The summed E-state index contributed by atoms with van der Waals surface area (Å²) in [7, 11) is 0. The smallest absolute Gasteiger partial charge is 0.277 e. The molecule has 0 bridgehead atoms. The maximum absolute atomic E-state index is 12.1. The number of carbonyl (C=O) groups is 1. The molecule has 0 N–H and O–H groups in total. The van der Waals surface area contributed by atoms with Crippen LogP contribution >= 0.6 is 0 Å². The number of carbonyl (C=O) groups excluding carboxylic acids is 1. The topological polar surface area (TPSA) is 84.0 Å². The molecular formula is C14H12N2O3. The Morgan fingerprint density at radius 2 is 2.16 bits per heavy atom. The Morgan fingerprint density at radius 1 is 1.42 bits per heavy atom. The average Bonchev–Trinajstić information content (AvgIpc) is 2.39. The minimum Gasteiger partial charge on any atom is -0.294 e. The summed E-state index contributed by atoms with van der Waals surface area (Å²) in [6.45, 7) is 0. The number of rotatable bonds is 3. The summed E-state index contributed by atoms with van der Waals surface area (Å²) in [5.74, 6) is -0.0928. The molecule has 0 spiro atoms. The highest BCUT2D eigenvalue weighted by atomic mass is 16.6. The lowest BCUT2D eigenvalue weighted by atomic mass is 9.84. The van der Waals surface area contributed by atoms with Crippen molar-refractivity contribution in [3.63, 3.8) is 0 Å². The van der Waals surface area contributed by atoms with Gasteiger partial charge in [-0.25, -0.2) is 0 Å². The highest BCUT2D eigenvalue weighted by Crippen LogP contribution is 2.33. The number of hydrogen-bond acceptors (Lipinski definition) is 4. The molecule has 2 rings (SSSR count). The molecule has 1 aliphatic rings. The van der Waals surface area contributed by atoms with E-state index in [0.717, 1.165) is 0 Å². The first-order chi connectivity index (χ1) is 9.13. The van der Waals surface area contributed by atoms with Crippen LogP contribution in [0.25, 0.3) is 5.57 Å². The molecule has 1 aromatic rings. The van der Waals surface area contributed by atoms with Gasteiger partial charge in [0.15, 0.2) is 5.78 Å². The minimum atomic E-state index is -0.481. The molecule has 1 atom stereocenters. The van der Waals surface area contributed by atoms with Crippen LogP contribution in [-0.4, -0.2) is 10.7 Å². The molecule has 0 saturated carbocycles. The second kappa shape index (κ2) is 5.44. The highest BCUT2D eigenvalue weighted by molar-refractivity contribution is 6.22. The van der Waals surface area contributed by atoms with Crippen LogP contribution in [0.5, 0.6) is 0 Å². The highest BCUT2D eigenvalue weighted by Gasteiger charge is 2.26. The zero-order valence-corrected chi connectivity index (χ0v) is 10.2. The van der Waals surface area contributed by atoms with Crippen LogP contribution in [0.1, 0.15) is 24.8 Å². The first-order valence-corrected chi connectivity index (χ1v) is 5.97. The van der Waals surface area contributed by atoms with Crippen molar-refractivity contribution in [2.45, 2.75) is 19.3 Å². The largest absolute Gasteiger partial charge is 0.294 e. The third kappa shape index (κ3) is 2.68. The molecule has 0 heterocycles. The van der Waals surface area contributed by atoms with E-state index in [-0.39, 0.29) is 23.8 Å². The van der Waals surface area contributed by atoms with Crippen LogP contribution in [0.3, 0.4) is 0 Å². The molecule has 0 amide bonds. The molecule has 0 radical (unpaired) electrons. The van der Waals surface area contributed by atoms with E-state index in [1.165, 1.54) is 6.07 Å². The SMILES string of the molecule is N#CCC1CC=C(c2ccccc2[N+](=O)[O-])C(=O)C1. The summed E-state index contributed by atoms with van der Waals surface area (Å²) in [5, 5.41) is 19.6. The number of nitrogens with zero attached hydrogens (tertiary/aromatic N) is 2. The lowest BCUT2D eigenvalue weighted by Crippen LogP contribution is -2.15. The van der Waals surface area contributed by atoms with Gasteiger partial charge in [-0.15, -0.1) is 0 Å². The fourth-order valence-corrected chi connectivity index (χ4v) is 2.26. The monoisotopic (exact) mass is 256 g/mol. The van der Waals surface area contributed by atoms with Crippen molar-refractivity contribution in [1.82, 2.24) is 0 Å². The Kier molecular flexibility index (Phi) is 3.71. The third-order valence-electron chi connectivity index (χ3n) is 3.20.